The fourth-order valence-electron chi connectivity index (χ4n) is 2.07. The molecule has 0 saturated heterocycles. The molecule has 5 nitrogen and oxygen atoms in total. The van der Waals surface area contributed by atoms with Gasteiger partial charge in [-0.1, -0.05) is 0 Å². The number of carbonyl (C=O) groups excluding carboxylic acids is 1. The lowest BCUT2D eigenvalue weighted by Crippen LogP contribution is -2.36. The van der Waals surface area contributed by atoms with Crippen LogP contribution in [0.5, 0.6) is 0 Å². The molecule has 1 saturated carbocycles. The second-order valence-corrected chi connectivity index (χ2v) is 5.77. The number of rotatable bonds is 4. The third-order valence-corrected chi connectivity index (χ3v) is 4.30. The zero-order chi connectivity index (χ0) is 14.2. The fourth-order valence-corrected chi connectivity index (χ4v) is 2.46. The Morgan fingerprint density at radius 3 is 2.68 bits per heavy atom. The molecule has 6 heteroatoms. The number of amides is 1. The van der Waals surface area contributed by atoms with Crippen LogP contribution in [-0.4, -0.2) is 28.8 Å². The summed E-state index contributed by atoms with van der Waals surface area (Å²) >= 11 is 3.11. The van der Waals surface area contributed by atoms with E-state index in [-0.39, 0.29) is 17.6 Å². The molecule has 0 bridgehead atoms. The van der Waals surface area contributed by atoms with Gasteiger partial charge < -0.3 is 4.90 Å². The molecule has 1 fully saturated rings. The highest BCUT2D eigenvalue weighted by molar-refractivity contribution is 9.10. The van der Waals surface area contributed by atoms with Crippen molar-refractivity contribution in [1.29, 1.82) is 0 Å². The van der Waals surface area contributed by atoms with Crippen molar-refractivity contribution in [2.45, 2.75) is 25.8 Å². The highest BCUT2D eigenvalue weighted by atomic mass is 79.9. The van der Waals surface area contributed by atoms with Crippen molar-refractivity contribution in [2.75, 3.05) is 7.05 Å². The quantitative estimate of drug-likeness (QED) is 0.630. The van der Waals surface area contributed by atoms with Crippen molar-refractivity contribution >= 4 is 27.5 Å². The topological polar surface area (TPSA) is 63.5 Å². The summed E-state index contributed by atoms with van der Waals surface area (Å²) < 4.78 is 0.381. The third kappa shape index (κ3) is 2.94. The van der Waals surface area contributed by atoms with Crippen molar-refractivity contribution in [3.8, 4) is 0 Å². The number of hydrogen-bond acceptors (Lipinski definition) is 3. The molecule has 0 N–H and O–H groups in total. The Balaban J connectivity index is 2.23. The first kappa shape index (κ1) is 14.0. The van der Waals surface area contributed by atoms with Gasteiger partial charge in [0.25, 0.3) is 11.6 Å². The molecular formula is C13H15BrN2O3. The van der Waals surface area contributed by atoms with Gasteiger partial charge in [0.15, 0.2) is 0 Å². The highest BCUT2D eigenvalue weighted by Gasteiger charge is 2.33. The number of nitro benzene ring substituents is 1. The summed E-state index contributed by atoms with van der Waals surface area (Å²) in [6, 6.07) is 4.65. The predicted molar refractivity (Wildman–Crippen MR) is 75.1 cm³/mol. The van der Waals surface area contributed by atoms with Gasteiger partial charge in [-0.2, -0.15) is 0 Å². The van der Waals surface area contributed by atoms with E-state index in [1.165, 1.54) is 6.07 Å². The molecule has 2 rings (SSSR count). The van der Waals surface area contributed by atoms with Crippen molar-refractivity contribution < 1.29 is 9.72 Å². The molecule has 0 spiro atoms. The van der Waals surface area contributed by atoms with E-state index in [9.17, 15) is 14.9 Å². The fraction of sp³-hybridized carbons (Fsp3) is 0.462. The normalized spacial score (nSPS) is 15.9. The summed E-state index contributed by atoms with van der Waals surface area (Å²) in [7, 11) is 1.75. The lowest BCUT2D eigenvalue weighted by Gasteiger charge is -2.24. The number of benzene rings is 1. The molecule has 0 radical (unpaired) electrons. The van der Waals surface area contributed by atoms with Crippen LogP contribution < -0.4 is 0 Å². The average molecular weight is 327 g/mol. The smallest absolute Gasteiger partial charge is 0.284 e. The van der Waals surface area contributed by atoms with Crippen LogP contribution in [0.3, 0.4) is 0 Å². The van der Waals surface area contributed by atoms with Crippen molar-refractivity contribution in [1.82, 2.24) is 4.90 Å². The second-order valence-electron chi connectivity index (χ2n) is 4.92. The van der Waals surface area contributed by atoms with Crippen LogP contribution in [0.15, 0.2) is 22.7 Å². The summed E-state index contributed by atoms with van der Waals surface area (Å²) in [5.41, 5.74) is 0.267. The second kappa shape index (κ2) is 5.28. The van der Waals surface area contributed by atoms with Gasteiger partial charge in [-0.15, -0.1) is 0 Å². The number of nitro groups is 1. The number of carbonyl (C=O) groups is 1. The van der Waals surface area contributed by atoms with Gasteiger partial charge in [0.1, 0.15) is 0 Å². The molecular weight excluding hydrogens is 312 g/mol. The maximum Gasteiger partial charge on any atom is 0.284 e. The number of halogens is 1. The Bertz CT molecular complexity index is 529. The average Bonchev–Trinajstić information content (AvgIpc) is 3.20. The first-order valence-electron chi connectivity index (χ1n) is 6.13. The zero-order valence-corrected chi connectivity index (χ0v) is 12.4. The van der Waals surface area contributed by atoms with Gasteiger partial charge in [-0.3, -0.25) is 14.9 Å². The van der Waals surface area contributed by atoms with E-state index in [1.807, 2.05) is 6.92 Å². The Kier molecular flexibility index (Phi) is 3.89. The molecule has 0 aromatic heterocycles. The summed E-state index contributed by atoms with van der Waals surface area (Å²) in [6.45, 7) is 2.02. The van der Waals surface area contributed by atoms with Gasteiger partial charge in [-0.25, -0.2) is 0 Å². The Labute approximate surface area is 119 Å². The van der Waals surface area contributed by atoms with Gasteiger partial charge in [-0.05, 0) is 53.7 Å². The first-order chi connectivity index (χ1) is 8.91. The van der Waals surface area contributed by atoms with Gasteiger partial charge in [0, 0.05) is 24.7 Å². The van der Waals surface area contributed by atoms with E-state index in [4.69, 9.17) is 0 Å². The molecule has 1 atom stereocenters. The van der Waals surface area contributed by atoms with Gasteiger partial charge >= 0.3 is 0 Å². The molecule has 19 heavy (non-hydrogen) atoms. The van der Waals surface area contributed by atoms with E-state index in [0.29, 0.717) is 16.0 Å². The van der Waals surface area contributed by atoms with Gasteiger partial charge in [0.05, 0.1) is 9.40 Å². The molecule has 0 aliphatic heterocycles. The number of hydrogen-bond donors (Lipinski definition) is 0. The van der Waals surface area contributed by atoms with Crippen LogP contribution in [0.25, 0.3) is 0 Å². The van der Waals surface area contributed by atoms with Crippen molar-refractivity contribution in [3.05, 3.63) is 38.3 Å². The van der Waals surface area contributed by atoms with Crippen LogP contribution in [0, 0.1) is 16.0 Å². The summed E-state index contributed by atoms with van der Waals surface area (Å²) in [4.78, 5) is 24.3. The molecule has 1 aliphatic rings. The molecule has 1 aromatic carbocycles. The molecule has 1 amide bonds. The van der Waals surface area contributed by atoms with Crippen molar-refractivity contribution in [2.24, 2.45) is 5.92 Å². The Morgan fingerprint density at radius 1 is 1.53 bits per heavy atom. The van der Waals surface area contributed by atoms with E-state index in [2.05, 4.69) is 15.9 Å². The highest BCUT2D eigenvalue weighted by Crippen LogP contribution is 2.35. The zero-order valence-electron chi connectivity index (χ0n) is 10.8. The Hall–Kier alpha value is -1.43. The van der Waals surface area contributed by atoms with E-state index < -0.39 is 4.92 Å². The summed E-state index contributed by atoms with van der Waals surface area (Å²) in [5, 5.41) is 10.9. The van der Waals surface area contributed by atoms with E-state index in [1.54, 1.807) is 24.1 Å². The number of nitrogens with zero attached hydrogens (tertiary/aromatic N) is 2. The van der Waals surface area contributed by atoms with E-state index >= 15 is 0 Å². The summed E-state index contributed by atoms with van der Waals surface area (Å²) in [6.07, 6.45) is 2.30. The van der Waals surface area contributed by atoms with Crippen LogP contribution in [-0.2, 0) is 0 Å². The lowest BCUT2D eigenvalue weighted by atomic mass is 10.1. The maximum absolute atomic E-state index is 12.3. The largest absolute Gasteiger partial charge is 0.339 e. The van der Waals surface area contributed by atoms with Gasteiger partial charge in [0.2, 0.25) is 0 Å². The first-order valence-corrected chi connectivity index (χ1v) is 6.92. The van der Waals surface area contributed by atoms with Crippen molar-refractivity contribution in [3.63, 3.8) is 0 Å². The lowest BCUT2D eigenvalue weighted by molar-refractivity contribution is -0.385. The van der Waals surface area contributed by atoms with E-state index in [0.717, 1.165) is 12.8 Å². The standard InChI is InChI=1S/C13H15BrN2O3/c1-8(9-3-4-9)15(2)13(17)10-5-6-11(14)12(7-10)16(18)19/h5-9H,3-4H2,1-2H3. The molecule has 0 heterocycles. The summed E-state index contributed by atoms with van der Waals surface area (Å²) in [5.74, 6) is 0.398. The minimum Gasteiger partial charge on any atom is -0.339 e. The molecule has 1 unspecified atom stereocenters. The monoisotopic (exact) mass is 326 g/mol. The minimum atomic E-state index is -0.495. The third-order valence-electron chi connectivity index (χ3n) is 3.63. The Morgan fingerprint density at radius 2 is 2.16 bits per heavy atom. The predicted octanol–water partition coefficient (Wildman–Crippen LogP) is 3.23. The maximum atomic E-state index is 12.3. The SMILES string of the molecule is CC(C1CC1)N(C)C(=O)c1ccc(Br)c([N+](=O)[O-])c1. The minimum absolute atomic E-state index is 0.0849. The van der Waals surface area contributed by atoms with Crippen LogP contribution in [0.1, 0.15) is 30.1 Å². The van der Waals surface area contributed by atoms with Crippen LogP contribution in [0.2, 0.25) is 0 Å². The molecule has 1 aliphatic carbocycles. The van der Waals surface area contributed by atoms with Crippen LogP contribution >= 0.6 is 15.9 Å². The molecule has 1 aromatic rings. The van der Waals surface area contributed by atoms with Crippen LogP contribution in [0.4, 0.5) is 5.69 Å². The molecule has 102 valence electrons.